The van der Waals surface area contributed by atoms with Gasteiger partial charge in [0.1, 0.15) is 11.2 Å². The van der Waals surface area contributed by atoms with Crippen LogP contribution in [-0.4, -0.2) is 44.3 Å². The van der Waals surface area contributed by atoms with Gasteiger partial charge in [0, 0.05) is 18.3 Å². The predicted molar refractivity (Wildman–Crippen MR) is 181 cm³/mol. The van der Waals surface area contributed by atoms with Crippen LogP contribution in [0.4, 0.5) is 0 Å². The topological polar surface area (TPSA) is 73.2 Å². The standard InChI is InChI=1S/C39H56O4/c1-28(17-13-19-30(3)21-22-39-36(7,8)25-33(41)27-38(39,10)43-39)15-11-12-16-29(2)18-14-20-31(4)23-34-35(5,6)24-32(40)26-37(34,9)42/h11-23,32-33,40-42H,24-27H2,1-10H3/t32-,33-,37+,38+,39-/m0/s1. The number of rotatable bonds is 9. The number of hydrogen-bond donors (Lipinski definition) is 3. The second kappa shape index (κ2) is 13.2. The van der Waals surface area contributed by atoms with Crippen LogP contribution in [0.15, 0.2) is 107 Å². The van der Waals surface area contributed by atoms with Crippen molar-refractivity contribution in [3.63, 3.8) is 0 Å². The van der Waals surface area contributed by atoms with E-state index in [1.165, 1.54) is 0 Å². The fraction of sp³-hybridized carbons (Fsp3) is 0.538. The van der Waals surface area contributed by atoms with Gasteiger partial charge in [-0.25, -0.2) is 0 Å². The second-order valence-electron chi connectivity index (χ2n) is 14.9. The molecule has 1 aliphatic heterocycles. The van der Waals surface area contributed by atoms with Gasteiger partial charge in [-0.05, 0) is 71.4 Å². The van der Waals surface area contributed by atoms with Crippen LogP contribution < -0.4 is 0 Å². The monoisotopic (exact) mass is 588 g/mol. The summed E-state index contributed by atoms with van der Waals surface area (Å²) in [6.45, 7) is 20.8. The van der Waals surface area contributed by atoms with Crippen LogP contribution in [0.3, 0.4) is 0 Å². The summed E-state index contributed by atoms with van der Waals surface area (Å²) in [4.78, 5) is 0. The zero-order valence-electron chi connectivity index (χ0n) is 28.2. The first-order valence-corrected chi connectivity index (χ1v) is 15.7. The van der Waals surface area contributed by atoms with Crippen molar-refractivity contribution in [2.75, 3.05) is 0 Å². The molecule has 0 amide bonds. The van der Waals surface area contributed by atoms with Crippen LogP contribution in [0, 0.1) is 10.8 Å². The molecule has 1 saturated heterocycles. The molecule has 0 aromatic rings. The average Bonchev–Trinajstić information content (AvgIpc) is 3.47. The van der Waals surface area contributed by atoms with Gasteiger partial charge in [-0.15, -0.1) is 0 Å². The number of aliphatic hydroxyl groups is 3. The van der Waals surface area contributed by atoms with Crippen molar-refractivity contribution in [2.45, 2.75) is 124 Å². The van der Waals surface area contributed by atoms with E-state index in [1.54, 1.807) is 6.92 Å². The summed E-state index contributed by atoms with van der Waals surface area (Å²) in [6.07, 6.45) is 28.8. The molecule has 3 rings (SSSR count). The first kappa shape index (κ1) is 35.0. The molecule has 3 N–H and O–H groups in total. The van der Waals surface area contributed by atoms with E-state index in [9.17, 15) is 15.3 Å². The van der Waals surface area contributed by atoms with Gasteiger partial charge in [0.25, 0.3) is 0 Å². The van der Waals surface area contributed by atoms with Crippen molar-refractivity contribution in [1.82, 2.24) is 0 Å². The largest absolute Gasteiger partial charge is 0.393 e. The Morgan fingerprint density at radius 2 is 1.14 bits per heavy atom. The summed E-state index contributed by atoms with van der Waals surface area (Å²) in [5, 5.41) is 31.3. The van der Waals surface area contributed by atoms with Gasteiger partial charge < -0.3 is 20.1 Å². The Kier molecular flexibility index (Phi) is 10.8. The van der Waals surface area contributed by atoms with Crippen molar-refractivity contribution < 1.29 is 20.1 Å². The Bertz CT molecular complexity index is 1290. The smallest absolute Gasteiger partial charge is 0.121 e. The third-order valence-electron chi connectivity index (χ3n) is 9.41. The Morgan fingerprint density at radius 1 is 0.651 bits per heavy atom. The minimum Gasteiger partial charge on any atom is -0.393 e. The zero-order chi connectivity index (χ0) is 32.3. The van der Waals surface area contributed by atoms with E-state index in [1.807, 2.05) is 25.2 Å². The maximum absolute atomic E-state index is 10.9. The molecule has 0 bridgehead atoms. The van der Waals surface area contributed by atoms with Gasteiger partial charge in [-0.3, -0.25) is 0 Å². The summed E-state index contributed by atoms with van der Waals surface area (Å²) in [5.74, 6) is 0. The Balaban J connectivity index is 1.53. The minimum atomic E-state index is -1.00. The third kappa shape index (κ3) is 8.57. The van der Waals surface area contributed by atoms with E-state index in [4.69, 9.17) is 4.74 Å². The number of hydrogen-bond acceptors (Lipinski definition) is 4. The lowest BCUT2D eigenvalue weighted by molar-refractivity contribution is -0.0271. The first-order valence-electron chi connectivity index (χ1n) is 15.7. The van der Waals surface area contributed by atoms with Crippen LogP contribution in [0.1, 0.15) is 94.9 Å². The SMILES string of the molecule is CC(C=CC=C(C)C=C[C@@]12O[C@]1(C)C[C@@H](O)CC2(C)C)=CC=CC=C(C)C=CC=C(C)C=C1C(C)(C)C[C@H](O)C[C@@]1(C)O. The number of fused-ring (bicyclic) bond motifs is 1. The van der Waals surface area contributed by atoms with E-state index in [0.29, 0.717) is 19.3 Å². The van der Waals surface area contributed by atoms with E-state index >= 15 is 0 Å². The lowest BCUT2D eigenvalue weighted by Gasteiger charge is -2.45. The van der Waals surface area contributed by atoms with Crippen molar-refractivity contribution in [3.05, 3.63) is 107 Å². The summed E-state index contributed by atoms with van der Waals surface area (Å²) in [5.41, 5.74) is 3.58. The molecule has 4 nitrogen and oxygen atoms in total. The summed E-state index contributed by atoms with van der Waals surface area (Å²) < 4.78 is 6.24. The molecular formula is C39H56O4. The van der Waals surface area contributed by atoms with Crippen LogP contribution in [-0.2, 0) is 4.74 Å². The highest BCUT2D eigenvalue weighted by molar-refractivity contribution is 5.38. The number of allylic oxidation sites excluding steroid dienone is 16. The van der Waals surface area contributed by atoms with Gasteiger partial charge in [0.2, 0.25) is 0 Å². The van der Waals surface area contributed by atoms with E-state index in [2.05, 4.69) is 116 Å². The van der Waals surface area contributed by atoms with Gasteiger partial charge >= 0.3 is 0 Å². The van der Waals surface area contributed by atoms with Gasteiger partial charge in [0.05, 0.1) is 17.8 Å². The van der Waals surface area contributed by atoms with Crippen molar-refractivity contribution in [1.29, 1.82) is 0 Å². The van der Waals surface area contributed by atoms with E-state index < -0.39 is 11.7 Å². The second-order valence-corrected chi connectivity index (χ2v) is 14.9. The Labute approximate surface area is 261 Å². The molecule has 0 radical (unpaired) electrons. The molecule has 0 spiro atoms. The molecule has 0 aromatic carbocycles. The van der Waals surface area contributed by atoms with Crippen LogP contribution in [0.25, 0.3) is 0 Å². The first-order chi connectivity index (χ1) is 19.8. The summed E-state index contributed by atoms with van der Waals surface area (Å²) in [6, 6.07) is 0. The Morgan fingerprint density at radius 3 is 1.67 bits per heavy atom. The highest BCUT2D eigenvalue weighted by Gasteiger charge is 2.74. The molecule has 43 heavy (non-hydrogen) atoms. The molecule has 5 atom stereocenters. The average molecular weight is 589 g/mol. The maximum atomic E-state index is 10.9. The fourth-order valence-electron chi connectivity index (χ4n) is 7.30. The molecule has 4 heteroatoms. The molecular weight excluding hydrogens is 532 g/mol. The van der Waals surface area contributed by atoms with Crippen molar-refractivity contribution in [3.8, 4) is 0 Å². The van der Waals surface area contributed by atoms with E-state index in [0.717, 1.165) is 34.3 Å². The predicted octanol–water partition coefficient (Wildman–Crippen LogP) is 8.56. The molecule has 3 fully saturated rings. The minimum absolute atomic E-state index is 0.102. The molecule has 2 saturated carbocycles. The van der Waals surface area contributed by atoms with E-state index in [-0.39, 0.29) is 28.1 Å². The molecule has 3 aliphatic rings. The van der Waals surface area contributed by atoms with Crippen LogP contribution in [0.2, 0.25) is 0 Å². The molecule has 0 unspecified atom stereocenters. The zero-order valence-corrected chi connectivity index (χ0v) is 28.2. The lowest BCUT2D eigenvalue weighted by Crippen LogP contribution is -2.46. The number of epoxide rings is 1. The fourth-order valence-corrected chi connectivity index (χ4v) is 7.30. The van der Waals surface area contributed by atoms with Crippen LogP contribution in [0.5, 0.6) is 0 Å². The molecule has 2 aliphatic carbocycles. The van der Waals surface area contributed by atoms with Gasteiger partial charge in [0.15, 0.2) is 0 Å². The highest BCUT2D eigenvalue weighted by atomic mass is 16.6. The normalized spacial score (nSPS) is 36.4. The van der Waals surface area contributed by atoms with Crippen molar-refractivity contribution in [2.24, 2.45) is 10.8 Å². The molecule has 0 aromatic heterocycles. The summed E-state index contributed by atoms with van der Waals surface area (Å²) in [7, 11) is 0. The molecule has 236 valence electrons. The Hall–Kier alpha value is -2.50. The third-order valence-corrected chi connectivity index (χ3v) is 9.41. The van der Waals surface area contributed by atoms with Gasteiger partial charge in [-0.1, -0.05) is 123 Å². The van der Waals surface area contributed by atoms with Crippen molar-refractivity contribution >= 4 is 0 Å². The molecule has 1 heterocycles. The van der Waals surface area contributed by atoms with Crippen LogP contribution >= 0.6 is 0 Å². The quantitative estimate of drug-likeness (QED) is 0.186. The maximum Gasteiger partial charge on any atom is 0.121 e. The lowest BCUT2D eigenvalue weighted by atomic mass is 9.63. The van der Waals surface area contributed by atoms with Gasteiger partial charge in [-0.2, -0.15) is 0 Å². The number of ether oxygens (including phenoxy) is 1. The summed E-state index contributed by atoms with van der Waals surface area (Å²) >= 11 is 0. The highest BCUT2D eigenvalue weighted by Crippen LogP contribution is 2.66. The number of aliphatic hydroxyl groups excluding tert-OH is 2.